The van der Waals surface area contributed by atoms with Crippen molar-refractivity contribution < 1.29 is 19.0 Å². The Morgan fingerprint density at radius 2 is 1.95 bits per heavy atom. The molecule has 1 fully saturated rings. The molecule has 0 aliphatic carbocycles. The van der Waals surface area contributed by atoms with Gasteiger partial charge in [-0.05, 0) is 82.6 Å². The molecule has 0 spiro atoms. The number of halogens is 2. The summed E-state index contributed by atoms with van der Waals surface area (Å²) in [6.07, 6.45) is 1.99. The minimum Gasteiger partial charge on any atom is -0.478 e. The molecule has 202 valence electrons. The van der Waals surface area contributed by atoms with Crippen LogP contribution in [0.15, 0.2) is 54.6 Å². The molecule has 0 saturated carbocycles. The number of benzene rings is 2. The van der Waals surface area contributed by atoms with Crippen LogP contribution in [0.2, 0.25) is 5.02 Å². The minimum absolute atomic E-state index is 0.0963. The van der Waals surface area contributed by atoms with E-state index in [1.165, 1.54) is 6.07 Å². The number of ether oxygens (including phenoxy) is 1. The predicted octanol–water partition coefficient (Wildman–Crippen LogP) is 6.55. The molecule has 0 unspecified atom stereocenters. The molecule has 6 nitrogen and oxygen atoms in total. The van der Waals surface area contributed by atoms with Gasteiger partial charge in [-0.1, -0.05) is 29.8 Å². The minimum atomic E-state index is -0.905. The van der Waals surface area contributed by atoms with Gasteiger partial charge in [-0.25, -0.2) is 14.2 Å². The quantitative estimate of drug-likeness (QED) is 0.315. The molecule has 2 heterocycles. The first-order valence-corrected chi connectivity index (χ1v) is 13.5. The van der Waals surface area contributed by atoms with Crippen LogP contribution in [0.4, 0.5) is 10.1 Å². The second-order valence-corrected chi connectivity index (χ2v) is 10.6. The normalized spacial score (nSPS) is 14.6. The van der Waals surface area contributed by atoms with Crippen molar-refractivity contribution in [2.75, 3.05) is 31.1 Å². The number of likely N-dealkylation sites (tertiary alicyclic amines) is 1. The molecule has 1 aliphatic rings. The number of carbonyl (C=O) groups is 1. The summed E-state index contributed by atoms with van der Waals surface area (Å²) < 4.78 is 19.8. The molecule has 0 radical (unpaired) electrons. The smallest absolute Gasteiger partial charge is 0.335 e. The first kappa shape index (κ1) is 27.9. The van der Waals surface area contributed by atoms with E-state index in [2.05, 4.69) is 23.6 Å². The Kier molecular flexibility index (Phi) is 9.23. The number of aromatic nitrogens is 1. The van der Waals surface area contributed by atoms with Crippen molar-refractivity contribution in [1.29, 1.82) is 0 Å². The summed E-state index contributed by atoms with van der Waals surface area (Å²) in [6, 6.07) is 15.9. The van der Waals surface area contributed by atoms with Crippen LogP contribution in [-0.4, -0.2) is 53.2 Å². The van der Waals surface area contributed by atoms with Crippen molar-refractivity contribution in [3.63, 3.8) is 0 Å². The van der Waals surface area contributed by atoms with Crippen LogP contribution in [-0.2, 0) is 6.61 Å². The van der Waals surface area contributed by atoms with E-state index in [4.69, 9.17) is 21.3 Å². The number of pyridine rings is 1. The van der Waals surface area contributed by atoms with Crippen molar-refractivity contribution in [3.8, 4) is 5.88 Å². The number of carboxylic acid groups (broad SMARTS) is 1. The first-order chi connectivity index (χ1) is 18.2. The van der Waals surface area contributed by atoms with Gasteiger partial charge in [0.15, 0.2) is 0 Å². The largest absolute Gasteiger partial charge is 0.478 e. The Morgan fingerprint density at radius 1 is 1.18 bits per heavy atom. The number of carboxylic acids is 1. The van der Waals surface area contributed by atoms with E-state index >= 15 is 0 Å². The topological polar surface area (TPSA) is 65.9 Å². The van der Waals surface area contributed by atoms with Gasteiger partial charge in [0.05, 0.1) is 5.56 Å². The molecule has 1 aliphatic heterocycles. The molecule has 1 saturated heterocycles. The summed E-state index contributed by atoms with van der Waals surface area (Å²) in [4.78, 5) is 21.0. The van der Waals surface area contributed by atoms with E-state index in [-0.39, 0.29) is 18.5 Å². The average molecular weight is 540 g/mol. The monoisotopic (exact) mass is 539 g/mol. The number of aromatic carboxylic acids is 1. The van der Waals surface area contributed by atoms with Gasteiger partial charge in [0, 0.05) is 53.1 Å². The highest BCUT2D eigenvalue weighted by Gasteiger charge is 2.23. The molecule has 1 aromatic heterocycles. The predicted molar refractivity (Wildman–Crippen MR) is 149 cm³/mol. The fourth-order valence-electron chi connectivity index (χ4n) is 4.94. The van der Waals surface area contributed by atoms with Crippen LogP contribution in [0.25, 0.3) is 0 Å². The molecule has 38 heavy (non-hydrogen) atoms. The fourth-order valence-corrected chi connectivity index (χ4v) is 5.10. The van der Waals surface area contributed by atoms with Crippen molar-refractivity contribution in [1.82, 2.24) is 9.88 Å². The lowest BCUT2D eigenvalue weighted by Gasteiger charge is -2.36. The standard InChI is InChI=1S/C30H35ClFN3O3/c1-20(2)35(28-17-23(30(36)37)8-7-21(28)3)16-15-34-13-11-22(12-14-34)27-5-4-6-29(33-27)38-19-24-9-10-25(31)18-26(24)32/h4-10,17-18,20,22H,11-16,19H2,1-3H3,(H,36,37). The van der Waals surface area contributed by atoms with Crippen molar-refractivity contribution in [3.05, 3.63) is 87.8 Å². The first-order valence-electron chi connectivity index (χ1n) is 13.1. The Balaban J connectivity index is 1.32. The Bertz CT molecular complexity index is 1260. The molecule has 2 aromatic carbocycles. The highest BCUT2D eigenvalue weighted by atomic mass is 35.5. The Hall–Kier alpha value is -3.16. The highest BCUT2D eigenvalue weighted by molar-refractivity contribution is 6.30. The molecule has 0 amide bonds. The van der Waals surface area contributed by atoms with E-state index in [1.54, 1.807) is 30.3 Å². The Morgan fingerprint density at radius 3 is 2.63 bits per heavy atom. The van der Waals surface area contributed by atoms with E-state index < -0.39 is 5.97 Å². The number of hydrogen-bond donors (Lipinski definition) is 1. The van der Waals surface area contributed by atoms with E-state index in [1.807, 2.05) is 25.1 Å². The number of rotatable bonds is 10. The molecule has 1 N–H and O–H groups in total. The third-order valence-corrected chi connectivity index (χ3v) is 7.42. The second-order valence-electron chi connectivity index (χ2n) is 10.1. The van der Waals surface area contributed by atoms with Gasteiger partial charge < -0.3 is 19.6 Å². The lowest BCUT2D eigenvalue weighted by molar-refractivity contribution is 0.0697. The lowest BCUT2D eigenvalue weighted by Crippen LogP contribution is -2.42. The summed E-state index contributed by atoms with van der Waals surface area (Å²) in [6.45, 7) is 10.1. The summed E-state index contributed by atoms with van der Waals surface area (Å²) in [7, 11) is 0. The summed E-state index contributed by atoms with van der Waals surface area (Å²) >= 11 is 5.83. The molecular weight excluding hydrogens is 505 g/mol. The van der Waals surface area contributed by atoms with Gasteiger partial charge in [-0.2, -0.15) is 0 Å². The zero-order valence-electron chi connectivity index (χ0n) is 22.2. The molecule has 0 atom stereocenters. The van der Waals surface area contributed by atoms with Gasteiger partial charge in [0.2, 0.25) is 5.88 Å². The average Bonchev–Trinajstić information content (AvgIpc) is 2.89. The summed E-state index contributed by atoms with van der Waals surface area (Å²) in [5.41, 5.74) is 3.82. The van der Waals surface area contributed by atoms with Crippen LogP contribution in [0, 0.1) is 12.7 Å². The van der Waals surface area contributed by atoms with Crippen molar-refractivity contribution in [2.24, 2.45) is 0 Å². The number of piperidine rings is 1. The summed E-state index contributed by atoms with van der Waals surface area (Å²) in [5, 5.41) is 9.79. The number of aryl methyl sites for hydroxylation is 1. The van der Waals surface area contributed by atoms with Crippen LogP contribution < -0.4 is 9.64 Å². The number of anilines is 1. The fraction of sp³-hybridized carbons (Fsp3) is 0.400. The van der Waals surface area contributed by atoms with Gasteiger partial charge >= 0.3 is 5.97 Å². The van der Waals surface area contributed by atoms with E-state index in [0.29, 0.717) is 27.9 Å². The maximum Gasteiger partial charge on any atom is 0.335 e. The van der Waals surface area contributed by atoms with Crippen LogP contribution in [0.1, 0.15) is 59.8 Å². The van der Waals surface area contributed by atoms with Gasteiger partial charge in [-0.15, -0.1) is 0 Å². The van der Waals surface area contributed by atoms with Gasteiger partial charge in [0.25, 0.3) is 0 Å². The SMILES string of the molecule is Cc1ccc(C(=O)O)cc1N(CCN1CCC(c2cccc(OCc3ccc(Cl)cc3F)n2)CC1)C(C)C. The van der Waals surface area contributed by atoms with Crippen LogP contribution in [0.5, 0.6) is 5.88 Å². The van der Waals surface area contributed by atoms with Gasteiger partial charge in [0.1, 0.15) is 12.4 Å². The molecule has 0 bridgehead atoms. The van der Waals surface area contributed by atoms with Crippen molar-refractivity contribution in [2.45, 2.75) is 52.2 Å². The summed E-state index contributed by atoms with van der Waals surface area (Å²) in [5.74, 6) is -0.456. The van der Waals surface area contributed by atoms with Gasteiger partial charge in [-0.3, -0.25) is 0 Å². The number of nitrogens with zero attached hydrogens (tertiary/aromatic N) is 3. The maximum absolute atomic E-state index is 14.1. The van der Waals surface area contributed by atoms with Crippen LogP contribution in [0.3, 0.4) is 0 Å². The zero-order valence-corrected chi connectivity index (χ0v) is 22.9. The molecular formula is C30H35ClFN3O3. The highest BCUT2D eigenvalue weighted by Crippen LogP contribution is 2.29. The second kappa shape index (κ2) is 12.6. The number of hydrogen-bond acceptors (Lipinski definition) is 5. The third-order valence-electron chi connectivity index (χ3n) is 7.19. The molecule has 4 rings (SSSR count). The molecule has 3 aromatic rings. The van der Waals surface area contributed by atoms with E-state index in [9.17, 15) is 14.3 Å². The van der Waals surface area contributed by atoms with E-state index in [0.717, 1.165) is 56.0 Å². The lowest BCUT2D eigenvalue weighted by atomic mass is 9.93. The van der Waals surface area contributed by atoms with Crippen molar-refractivity contribution >= 4 is 23.3 Å². The van der Waals surface area contributed by atoms with Crippen LogP contribution >= 0.6 is 11.6 Å². The molecule has 8 heteroatoms. The zero-order chi connectivity index (χ0) is 27.2. The Labute approximate surface area is 229 Å². The third kappa shape index (κ3) is 7.03. The maximum atomic E-state index is 14.1.